The van der Waals surface area contributed by atoms with Crippen LogP contribution in [0, 0.1) is 6.92 Å². The predicted octanol–water partition coefficient (Wildman–Crippen LogP) is 7.23. The van der Waals surface area contributed by atoms with E-state index in [1.54, 1.807) is 0 Å². The van der Waals surface area contributed by atoms with Crippen molar-refractivity contribution in [3.05, 3.63) is 108 Å². The molecule has 3 aromatic carbocycles. The molecule has 26 heavy (non-hydrogen) atoms. The molecule has 0 N–H and O–H groups in total. The van der Waals surface area contributed by atoms with Crippen LogP contribution in [0.1, 0.15) is 30.5 Å². The van der Waals surface area contributed by atoms with Crippen LogP contribution in [0.4, 0.5) is 11.4 Å². The van der Waals surface area contributed by atoms with Crippen LogP contribution in [-0.4, -0.2) is 0 Å². The first-order valence-corrected chi connectivity index (χ1v) is 8.90. The fourth-order valence-electron chi connectivity index (χ4n) is 2.88. The molecule has 1 heteroatoms. The van der Waals surface area contributed by atoms with Gasteiger partial charge in [0.1, 0.15) is 0 Å². The fourth-order valence-corrected chi connectivity index (χ4v) is 2.88. The second-order valence-electron chi connectivity index (χ2n) is 6.71. The lowest BCUT2D eigenvalue weighted by Crippen LogP contribution is -2.09. The minimum Gasteiger partial charge on any atom is -0.317 e. The first-order chi connectivity index (χ1) is 12.5. The minimum absolute atomic E-state index is 1.08. The monoisotopic (exact) mass is 339 g/mol. The Hall–Kier alpha value is -3.06. The normalized spacial score (nSPS) is 11.3. The third kappa shape index (κ3) is 4.12. The average Bonchev–Trinajstić information content (AvgIpc) is 2.67. The molecule has 0 atom stereocenters. The van der Waals surface area contributed by atoms with Gasteiger partial charge in [-0.05, 0) is 61.7 Å². The van der Waals surface area contributed by atoms with Crippen molar-refractivity contribution in [3.63, 3.8) is 0 Å². The molecule has 0 aliphatic rings. The predicted molar refractivity (Wildman–Crippen MR) is 115 cm³/mol. The molecule has 0 fully saturated rings. The van der Waals surface area contributed by atoms with Crippen LogP contribution in [-0.2, 0) is 0 Å². The Labute approximate surface area is 156 Å². The topological polar surface area (TPSA) is 3.24 Å². The zero-order valence-electron chi connectivity index (χ0n) is 15.7. The molecule has 0 aliphatic heterocycles. The second-order valence-corrected chi connectivity index (χ2v) is 6.71. The van der Waals surface area contributed by atoms with E-state index in [0.29, 0.717) is 0 Å². The van der Waals surface area contributed by atoms with Crippen molar-refractivity contribution < 1.29 is 0 Å². The molecule has 3 rings (SSSR count). The van der Waals surface area contributed by atoms with E-state index >= 15 is 0 Å². The standard InChI is InChI=1S/C25H25N/c1-19(2)22-12-16-25(17-13-22)26(24-14-10-20(3)11-15-24)18-21(4)23-8-6-5-7-9-23/h5-18H,1H2,2-4H3/b21-18-. The van der Waals surface area contributed by atoms with Crippen LogP contribution >= 0.6 is 0 Å². The molecule has 0 radical (unpaired) electrons. The van der Waals surface area contributed by atoms with Gasteiger partial charge in [0.05, 0.1) is 0 Å². The van der Waals surface area contributed by atoms with Crippen molar-refractivity contribution >= 4 is 22.5 Å². The van der Waals surface area contributed by atoms with Gasteiger partial charge in [0, 0.05) is 17.6 Å². The van der Waals surface area contributed by atoms with Gasteiger partial charge in [-0.2, -0.15) is 0 Å². The maximum atomic E-state index is 4.03. The van der Waals surface area contributed by atoms with E-state index in [0.717, 1.165) is 16.9 Å². The van der Waals surface area contributed by atoms with Gasteiger partial charge in [0.25, 0.3) is 0 Å². The van der Waals surface area contributed by atoms with Gasteiger partial charge in [-0.1, -0.05) is 72.3 Å². The SMILES string of the molecule is C=C(C)c1ccc(N(/C=C(/C)c2ccccc2)c2ccc(C)cc2)cc1. The Bertz CT molecular complexity index is 901. The number of aryl methyl sites for hydroxylation is 1. The molecule has 0 aromatic heterocycles. The second kappa shape index (κ2) is 7.88. The van der Waals surface area contributed by atoms with Gasteiger partial charge in [0.2, 0.25) is 0 Å². The van der Waals surface area contributed by atoms with Crippen molar-refractivity contribution in [3.8, 4) is 0 Å². The van der Waals surface area contributed by atoms with E-state index in [1.165, 1.54) is 22.3 Å². The zero-order chi connectivity index (χ0) is 18.5. The van der Waals surface area contributed by atoms with Gasteiger partial charge in [0.15, 0.2) is 0 Å². The molecule has 3 aromatic rings. The molecule has 0 unspecified atom stereocenters. The van der Waals surface area contributed by atoms with E-state index in [4.69, 9.17) is 0 Å². The molecular formula is C25H25N. The Morgan fingerprint density at radius 2 is 1.27 bits per heavy atom. The number of anilines is 2. The summed E-state index contributed by atoms with van der Waals surface area (Å²) in [6, 6.07) is 27.7. The first kappa shape index (κ1) is 17.8. The lowest BCUT2D eigenvalue weighted by molar-refractivity contribution is 1.27. The summed E-state index contributed by atoms with van der Waals surface area (Å²) in [5.74, 6) is 0. The third-order valence-corrected chi connectivity index (χ3v) is 4.50. The van der Waals surface area contributed by atoms with Gasteiger partial charge in [-0.15, -0.1) is 0 Å². The molecule has 0 bridgehead atoms. The van der Waals surface area contributed by atoms with Crippen LogP contribution in [0.15, 0.2) is 91.6 Å². The van der Waals surface area contributed by atoms with Crippen molar-refractivity contribution in [2.45, 2.75) is 20.8 Å². The van der Waals surface area contributed by atoms with Crippen LogP contribution in [0.2, 0.25) is 0 Å². The van der Waals surface area contributed by atoms with Crippen LogP contribution in [0.25, 0.3) is 11.1 Å². The molecule has 0 amide bonds. The number of benzene rings is 3. The van der Waals surface area contributed by atoms with Crippen LogP contribution < -0.4 is 4.90 Å². The highest BCUT2D eigenvalue weighted by Crippen LogP contribution is 2.29. The fraction of sp³-hybridized carbons (Fsp3) is 0.120. The molecule has 0 heterocycles. The molecule has 1 nitrogen and oxygen atoms in total. The van der Waals surface area contributed by atoms with Crippen LogP contribution in [0.3, 0.4) is 0 Å². The molecule has 0 saturated carbocycles. The van der Waals surface area contributed by atoms with Gasteiger partial charge in [-0.25, -0.2) is 0 Å². The van der Waals surface area contributed by atoms with E-state index in [-0.39, 0.29) is 0 Å². The summed E-state index contributed by atoms with van der Waals surface area (Å²) in [6.45, 7) is 10.3. The number of hydrogen-bond acceptors (Lipinski definition) is 1. The molecule has 130 valence electrons. The summed E-state index contributed by atoms with van der Waals surface area (Å²) < 4.78 is 0. The highest BCUT2D eigenvalue weighted by Gasteiger charge is 2.08. The molecule has 0 saturated heterocycles. The summed E-state index contributed by atoms with van der Waals surface area (Å²) in [4.78, 5) is 2.24. The first-order valence-electron chi connectivity index (χ1n) is 8.90. The summed E-state index contributed by atoms with van der Waals surface area (Å²) in [5.41, 5.74) is 8.23. The largest absolute Gasteiger partial charge is 0.317 e. The third-order valence-electron chi connectivity index (χ3n) is 4.50. The van der Waals surface area contributed by atoms with Crippen molar-refractivity contribution in [1.29, 1.82) is 0 Å². The molecule has 0 spiro atoms. The molecule has 0 aliphatic carbocycles. The highest BCUT2D eigenvalue weighted by atomic mass is 15.1. The number of allylic oxidation sites excluding steroid dienone is 2. The van der Waals surface area contributed by atoms with Crippen LogP contribution in [0.5, 0.6) is 0 Å². The number of nitrogens with zero attached hydrogens (tertiary/aromatic N) is 1. The van der Waals surface area contributed by atoms with E-state index in [1.807, 2.05) is 13.0 Å². The Morgan fingerprint density at radius 1 is 0.731 bits per heavy atom. The Kier molecular flexibility index (Phi) is 5.38. The summed E-state index contributed by atoms with van der Waals surface area (Å²) in [6.07, 6.45) is 2.20. The van der Waals surface area contributed by atoms with E-state index in [9.17, 15) is 0 Å². The van der Waals surface area contributed by atoms with Gasteiger partial charge >= 0.3 is 0 Å². The highest BCUT2D eigenvalue weighted by molar-refractivity contribution is 5.75. The summed E-state index contributed by atoms with van der Waals surface area (Å²) >= 11 is 0. The molecular weight excluding hydrogens is 314 g/mol. The zero-order valence-corrected chi connectivity index (χ0v) is 15.7. The average molecular weight is 339 g/mol. The van der Waals surface area contributed by atoms with Gasteiger partial charge < -0.3 is 4.90 Å². The Balaban J connectivity index is 2.04. The van der Waals surface area contributed by atoms with E-state index in [2.05, 4.69) is 104 Å². The maximum Gasteiger partial charge on any atom is 0.0456 e. The summed E-state index contributed by atoms with van der Waals surface area (Å²) in [7, 11) is 0. The smallest absolute Gasteiger partial charge is 0.0456 e. The van der Waals surface area contributed by atoms with Gasteiger partial charge in [-0.3, -0.25) is 0 Å². The van der Waals surface area contributed by atoms with Crippen molar-refractivity contribution in [2.24, 2.45) is 0 Å². The lowest BCUT2D eigenvalue weighted by atomic mass is 10.1. The minimum atomic E-state index is 1.08. The summed E-state index contributed by atoms with van der Waals surface area (Å²) in [5, 5.41) is 0. The number of hydrogen-bond donors (Lipinski definition) is 0. The lowest BCUT2D eigenvalue weighted by Gasteiger charge is -2.23. The Morgan fingerprint density at radius 3 is 1.81 bits per heavy atom. The number of rotatable bonds is 5. The maximum absolute atomic E-state index is 4.03. The van der Waals surface area contributed by atoms with Crippen molar-refractivity contribution in [2.75, 3.05) is 4.90 Å². The van der Waals surface area contributed by atoms with E-state index < -0.39 is 0 Å². The quantitative estimate of drug-likeness (QED) is 0.474. The van der Waals surface area contributed by atoms with Crippen molar-refractivity contribution in [1.82, 2.24) is 0 Å².